The molecule has 0 radical (unpaired) electrons. The molecule has 25 heavy (non-hydrogen) atoms. The van der Waals surface area contributed by atoms with Crippen molar-refractivity contribution in [3.63, 3.8) is 0 Å². The summed E-state index contributed by atoms with van der Waals surface area (Å²) in [4.78, 5) is 12.5. The average molecular weight is 376 g/mol. The van der Waals surface area contributed by atoms with Crippen LogP contribution in [0.25, 0.3) is 0 Å². The topological polar surface area (TPSA) is 102 Å². The number of amides is 1. The minimum atomic E-state index is -3.21. The lowest BCUT2D eigenvalue weighted by Gasteiger charge is -2.33. The Hall–Kier alpha value is -0.420. The summed E-state index contributed by atoms with van der Waals surface area (Å²) >= 11 is 0. The van der Waals surface area contributed by atoms with E-state index in [1.54, 1.807) is 6.92 Å². The Morgan fingerprint density at radius 1 is 1.32 bits per heavy atom. The van der Waals surface area contributed by atoms with Gasteiger partial charge in [-0.15, -0.1) is 0 Å². The third kappa shape index (κ3) is 7.01. The van der Waals surface area contributed by atoms with Crippen LogP contribution in [-0.2, 0) is 13.9 Å². The Labute approximate surface area is 152 Å². The van der Waals surface area contributed by atoms with Gasteiger partial charge < -0.3 is 20.7 Å². The van der Waals surface area contributed by atoms with E-state index in [9.17, 15) is 14.5 Å². The van der Waals surface area contributed by atoms with Crippen molar-refractivity contribution >= 4 is 13.3 Å². The van der Waals surface area contributed by atoms with Crippen LogP contribution >= 0.6 is 7.37 Å². The van der Waals surface area contributed by atoms with Gasteiger partial charge in [-0.25, -0.2) is 0 Å². The van der Waals surface area contributed by atoms with Gasteiger partial charge in [0, 0.05) is 13.3 Å². The number of hydrogen-bond donors (Lipinski definition) is 3. The Morgan fingerprint density at radius 3 is 2.40 bits per heavy atom. The first-order valence-corrected chi connectivity index (χ1v) is 11.5. The third-order valence-electron chi connectivity index (χ3n) is 5.21. The summed E-state index contributed by atoms with van der Waals surface area (Å²) in [7, 11) is -1.85. The molecule has 1 fully saturated rings. The Kier molecular flexibility index (Phi) is 9.65. The van der Waals surface area contributed by atoms with Gasteiger partial charge in [0.1, 0.15) is 0 Å². The van der Waals surface area contributed by atoms with Crippen LogP contribution in [0.4, 0.5) is 0 Å². The minimum Gasteiger partial charge on any atom is -0.381 e. The summed E-state index contributed by atoms with van der Waals surface area (Å²) in [5, 5.41) is 13.6. The van der Waals surface area contributed by atoms with Gasteiger partial charge in [-0.05, 0) is 24.7 Å². The molecule has 7 heteroatoms. The molecule has 0 aromatic heterocycles. The lowest BCUT2D eigenvalue weighted by Crippen LogP contribution is -2.51. The number of hydrogen-bond acceptors (Lipinski definition) is 5. The molecule has 0 bridgehead atoms. The van der Waals surface area contributed by atoms with Gasteiger partial charge in [0.25, 0.3) is 0 Å². The molecular weight excluding hydrogens is 339 g/mol. The van der Waals surface area contributed by atoms with E-state index in [0.29, 0.717) is 24.7 Å². The van der Waals surface area contributed by atoms with Crippen LogP contribution in [0.5, 0.6) is 0 Å². The van der Waals surface area contributed by atoms with Crippen molar-refractivity contribution < 1.29 is 19.0 Å². The van der Waals surface area contributed by atoms with E-state index in [0.717, 1.165) is 12.8 Å². The molecule has 4 atom stereocenters. The zero-order valence-electron chi connectivity index (χ0n) is 16.2. The molecule has 1 aliphatic carbocycles. The highest BCUT2D eigenvalue weighted by atomic mass is 31.2. The SMILES string of the molecule is CCP(=O)(OC)C(O)[C@H](CC1CCCCC1)NC(=O)[C@@H](N)CC(C)C. The summed E-state index contributed by atoms with van der Waals surface area (Å²) in [5.74, 6) is -0.743. The van der Waals surface area contributed by atoms with Crippen molar-refractivity contribution in [1.29, 1.82) is 0 Å². The van der Waals surface area contributed by atoms with Gasteiger partial charge >= 0.3 is 0 Å². The largest absolute Gasteiger partial charge is 0.381 e. The lowest BCUT2D eigenvalue weighted by molar-refractivity contribution is -0.124. The van der Waals surface area contributed by atoms with Crippen LogP contribution in [0.2, 0.25) is 0 Å². The van der Waals surface area contributed by atoms with Crippen molar-refractivity contribution in [2.75, 3.05) is 13.3 Å². The Morgan fingerprint density at radius 2 is 1.92 bits per heavy atom. The van der Waals surface area contributed by atoms with Crippen molar-refractivity contribution in [3.05, 3.63) is 0 Å². The summed E-state index contributed by atoms with van der Waals surface area (Å²) in [6.45, 7) is 5.76. The van der Waals surface area contributed by atoms with E-state index in [1.807, 2.05) is 13.8 Å². The second kappa shape index (κ2) is 10.7. The number of aliphatic hydroxyl groups is 1. The maximum absolute atomic E-state index is 12.8. The maximum atomic E-state index is 12.8. The van der Waals surface area contributed by atoms with Crippen LogP contribution < -0.4 is 11.1 Å². The molecule has 0 aromatic carbocycles. The van der Waals surface area contributed by atoms with Crippen LogP contribution in [0.3, 0.4) is 0 Å². The molecular formula is C18H37N2O4P. The maximum Gasteiger partial charge on any atom is 0.237 e. The fourth-order valence-electron chi connectivity index (χ4n) is 3.64. The van der Waals surface area contributed by atoms with E-state index < -0.39 is 25.3 Å². The van der Waals surface area contributed by atoms with E-state index >= 15 is 0 Å². The lowest BCUT2D eigenvalue weighted by atomic mass is 9.85. The number of carbonyl (C=O) groups is 1. The first kappa shape index (κ1) is 22.6. The molecule has 1 amide bonds. The number of aliphatic hydroxyl groups excluding tert-OH is 1. The molecule has 2 unspecified atom stereocenters. The van der Waals surface area contributed by atoms with Gasteiger partial charge in [-0.3, -0.25) is 9.36 Å². The van der Waals surface area contributed by atoms with Crippen LogP contribution in [-0.4, -0.2) is 42.2 Å². The first-order chi connectivity index (χ1) is 11.7. The predicted molar refractivity (Wildman–Crippen MR) is 102 cm³/mol. The van der Waals surface area contributed by atoms with Gasteiger partial charge in [0.05, 0.1) is 12.1 Å². The number of carbonyl (C=O) groups excluding carboxylic acids is 1. The zero-order valence-corrected chi connectivity index (χ0v) is 17.1. The van der Waals surface area contributed by atoms with Crippen molar-refractivity contribution in [2.24, 2.45) is 17.6 Å². The summed E-state index contributed by atoms with van der Waals surface area (Å²) in [5.41, 5.74) is 5.98. The fourth-order valence-corrected chi connectivity index (χ4v) is 5.23. The second-order valence-electron chi connectivity index (χ2n) is 7.73. The minimum absolute atomic E-state index is 0.236. The zero-order chi connectivity index (χ0) is 19.0. The highest BCUT2D eigenvalue weighted by Crippen LogP contribution is 2.51. The van der Waals surface area contributed by atoms with Crippen LogP contribution in [0.1, 0.15) is 65.7 Å². The standard InChI is InChI=1S/C18H37N2O4P/c1-5-25(23,24-4)18(22)16(12-14-9-7-6-8-10-14)20-17(21)15(19)11-13(2)3/h13-16,18,22H,5-12,19H2,1-4H3,(H,20,21)/t15-,16-,18?,25?/m0/s1. The molecule has 4 N–H and O–H groups in total. The van der Waals surface area contributed by atoms with E-state index in [4.69, 9.17) is 10.3 Å². The predicted octanol–water partition coefficient (Wildman–Crippen LogP) is 3.08. The Bertz CT molecular complexity index is 444. The molecule has 6 nitrogen and oxygen atoms in total. The van der Waals surface area contributed by atoms with Crippen LogP contribution in [0.15, 0.2) is 0 Å². The monoisotopic (exact) mass is 376 g/mol. The number of nitrogens with one attached hydrogen (secondary N) is 1. The highest BCUT2D eigenvalue weighted by Gasteiger charge is 2.38. The highest BCUT2D eigenvalue weighted by molar-refractivity contribution is 7.59. The molecule has 1 saturated carbocycles. The summed E-state index contributed by atoms with van der Waals surface area (Å²) in [6.07, 6.45) is 7.18. The van der Waals surface area contributed by atoms with E-state index in [1.165, 1.54) is 26.4 Å². The van der Waals surface area contributed by atoms with Crippen molar-refractivity contribution in [2.45, 2.75) is 83.6 Å². The molecule has 0 spiro atoms. The normalized spacial score (nSPS) is 22.2. The van der Waals surface area contributed by atoms with Gasteiger partial charge in [-0.2, -0.15) is 0 Å². The molecule has 1 aliphatic rings. The van der Waals surface area contributed by atoms with Crippen molar-refractivity contribution in [1.82, 2.24) is 5.32 Å². The molecule has 0 aliphatic heterocycles. The Balaban J connectivity index is 2.86. The van der Waals surface area contributed by atoms with E-state index in [2.05, 4.69) is 5.32 Å². The number of nitrogens with two attached hydrogens (primary N) is 1. The van der Waals surface area contributed by atoms with E-state index in [-0.39, 0.29) is 12.1 Å². The molecule has 0 saturated heterocycles. The van der Waals surface area contributed by atoms with Crippen molar-refractivity contribution in [3.8, 4) is 0 Å². The summed E-state index contributed by atoms with van der Waals surface area (Å²) in [6, 6.07) is -1.20. The fraction of sp³-hybridized carbons (Fsp3) is 0.944. The van der Waals surface area contributed by atoms with Gasteiger partial charge in [-0.1, -0.05) is 52.9 Å². The average Bonchev–Trinajstić information content (AvgIpc) is 2.60. The smallest absolute Gasteiger partial charge is 0.237 e. The molecule has 1 rings (SSSR count). The quantitative estimate of drug-likeness (QED) is 0.509. The first-order valence-electron chi connectivity index (χ1n) is 9.62. The van der Waals surface area contributed by atoms with Crippen LogP contribution in [0, 0.1) is 11.8 Å². The molecule has 0 heterocycles. The third-order valence-corrected chi connectivity index (χ3v) is 7.88. The second-order valence-corrected chi connectivity index (χ2v) is 10.7. The van der Waals surface area contributed by atoms with Gasteiger partial charge in [0.2, 0.25) is 13.3 Å². The molecule has 0 aromatic rings. The summed E-state index contributed by atoms with van der Waals surface area (Å²) < 4.78 is 18.0. The van der Waals surface area contributed by atoms with Gasteiger partial charge in [0.15, 0.2) is 5.85 Å². The number of rotatable bonds is 10. The molecule has 148 valence electrons.